The molecule has 8 unspecified atom stereocenters. The largest absolute Gasteiger partial charge is 0.394 e. The third-order valence-corrected chi connectivity index (χ3v) is 17.1. The topological polar surface area (TPSA) is 395 Å². The number of allylic oxidation sites excluding steroid dienone is 1. The van der Waals surface area contributed by atoms with E-state index in [1.165, 1.54) is 116 Å². The second kappa shape index (κ2) is 43.6. The van der Waals surface area contributed by atoms with Crippen molar-refractivity contribution in [3.63, 3.8) is 0 Å². The molecule has 87 heavy (non-hydrogen) atoms. The molecule has 4 aliphatic heterocycles. The van der Waals surface area contributed by atoms with Crippen LogP contribution in [0.5, 0.6) is 0 Å². The molecule has 25 nitrogen and oxygen atoms in total. The van der Waals surface area contributed by atoms with E-state index in [0.29, 0.717) is 12.8 Å². The summed E-state index contributed by atoms with van der Waals surface area (Å²) in [6, 6.07) is -2.67. The summed E-state index contributed by atoms with van der Waals surface area (Å²) in [5, 5.41) is 147. The summed E-state index contributed by atoms with van der Waals surface area (Å²) in [5.41, 5.74) is 0. The van der Waals surface area contributed by atoms with Crippen molar-refractivity contribution in [1.82, 2.24) is 10.6 Å². The van der Waals surface area contributed by atoms with Crippen LogP contribution in [0.15, 0.2) is 12.2 Å². The lowest BCUT2D eigenvalue weighted by atomic mass is 9.94. The molecule has 0 saturated carbocycles. The molecule has 4 rings (SSSR count). The highest BCUT2D eigenvalue weighted by Crippen LogP contribution is 2.35. The van der Waals surface area contributed by atoms with Crippen LogP contribution in [0.2, 0.25) is 0 Å². The average molecular weight is 1260 g/mol. The van der Waals surface area contributed by atoms with Crippen LogP contribution in [0.4, 0.5) is 0 Å². The van der Waals surface area contributed by atoms with Gasteiger partial charge in [0.2, 0.25) is 11.8 Å². The van der Waals surface area contributed by atoms with E-state index in [9.17, 15) is 76.0 Å². The van der Waals surface area contributed by atoms with Crippen LogP contribution in [-0.2, 0) is 47.5 Å². The van der Waals surface area contributed by atoms with E-state index in [4.69, 9.17) is 37.9 Å². The van der Waals surface area contributed by atoms with Crippen molar-refractivity contribution in [1.29, 1.82) is 0 Å². The Labute approximate surface area is 515 Å². The van der Waals surface area contributed by atoms with Gasteiger partial charge in [-0.15, -0.1) is 0 Å². The van der Waals surface area contributed by atoms with Gasteiger partial charge in [-0.05, 0) is 19.3 Å². The molecule has 0 aromatic carbocycles. The van der Waals surface area contributed by atoms with Crippen molar-refractivity contribution in [3.8, 4) is 0 Å². The second-order valence-corrected chi connectivity index (χ2v) is 24.3. The van der Waals surface area contributed by atoms with Crippen molar-refractivity contribution >= 4 is 11.8 Å². The van der Waals surface area contributed by atoms with E-state index >= 15 is 0 Å². The minimum absolute atomic E-state index is 0.211. The van der Waals surface area contributed by atoms with E-state index in [1.807, 2.05) is 6.08 Å². The standard InChI is InChI=1S/C62H114N2O23/c1-4-6-8-10-12-14-16-18-19-21-23-25-27-29-31-33-46(71)64-40(41(70)32-30-28-26-24-22-20-17-15-13-11-9-7-5-2)38-80-60-54(78)52(76)56(45(37-68)84-60)85-62-55(79)58(50(74)44(36-67)83-62)87-59-47(63-39(3)69)57(49(73)43(35-66)81-59)86-61-53(77)51(75)48(72)42(34-65)82-61/h30,32,40-45,47-62,65-68,70,72-79H,4-29,31,33-38H2,1-3H3,(H,63,69)(H,64,71)/b32-30+/t40-,41+,42?,43?,44?,45?,47?,48-,49+,50-,51-,52+,53?,54?,55?,56+,57+,58-,59-,60+,61-,62-/m0/s1. The summed E-state index contributed by atoms with van der Waals surface area (Å²) < 4.78 is 46.8. The first-order chi connectivity index (χ1) is 42.0. The monoisotopic (exact) mass is 1250 g/mol. The Bertz CT molecular complexity index is 1830. The van der Waals surface area contributed by atoms with Gasteiger partial charge < -0.3 is 115 Å². The predicted octanol–water partition coefficient (Wildman–Crippen LogP) is 1.78. The first-order valence-corrected chi connectivity index (χ1v) is 32.9. The zero-order valence-electron chi connectivity index (χ0n) is 52.1. The normalized spacial score (nSPS) is 33.8. The average Bonchev–Trinajstić information content (AvgIpc) is 0.930. The van der Waals surface area contributed by atoms with Gasteiger partial charge in [0.25, 0.3) is 0 Å². The molecular formula is C62H114N2O23. The van der Waals surface area contributed by atoms with Crippen LogP contribution in [-0.4, -0.2) is 246 Å². The summed E-state index contributed by atoms with van der Waals surface area (Å²) in [6.45, 7) is 1.55. The third kappa shape index (κ3) is 26.0. The Balaban J connectivity index is 1.39. The van der Waals surface area contributed by atoms with Crippen molar-refractivity contribution in [3.05, 3.63) is 12.2 Å². The van der Waals surface area contributed by atoms with Gasteiger partial charge in [0.1, 0.15) is 97.6 Å². The second-order valence-electron chi connectivity index (χ2n) is 24.3. The van der Waals surface area contributed by atoms with Crippen LogP contribution < -0.4 is 10.6 Å². The van der Waals surface area contributed by atoms with E-state index in [1.54, 1.807) is 6.08 Å². The van der Waals surface area contributed by atoms with Gasteiger partial charge in [-0.25, -0.2) is 0 Å². The van der Waals surface area contributed by atoms with Crippen LogP contribution in [0.3, 0.4) is 0 Å². The lowest BCUT2D eigenvalue weighted by molar-refractivity contribution is -0.381. The van der Waals surface area contributed by atoms with Crippen LogP contribution in [0, 0.1) is 0 Å². The fourth-order valence-electron chi connectivity index (χ4n) is 11.7. The van der Waals surface area contributed by atoms with Crippen molar-refractivity contribution < 1.29 is 114 Å². The van der Waals surface area contributed by atoms with E-state index in [0.717, 1.165) is 51.9 Å². The molecule has 4 saturated heterocycles. The molecule has 0 bridgehead atoms. The number of hydrogen-bond donors (Lipinski definition) is 15. The number of rotatable bonds is 45. The molecule has 0 radical (unpaired) electrons. The molecule has 0 aromatic rings. The first kappa shape index (κ1) is 77.3. The van der Waals surface area contributed by atoms with Gasteiger partial charge in [0.05, 0.1) is 45.2 Å². The number of nitrogens with one attached hydrogen (secondary N) is 2. The summed E-state index contributed by atoms with van der Waals surface area (Å²) >= 11 is 0. The van der Waals surface area contributed by atoms with Crippen molar-refractivity contribution in [2.24, 2.45) is 0 Å². The van der Waals surface area contributed by atoms with E-state index in [-0.39, 0.29) is 12.3 Å². The van der Waals surface area contributed by atoms with Gasteiger partial charge in [-0.1, -0.05) is 180 Å². The number of ether oxygens (including phenoxy) is 8. The minimum atomic E-state index is -2.10. The van der Waals surface area contributed by atoms with Crippen LogP contribution >= 0.6 is 0 Å². The van der Waals surface area contributed by atoms with Crippen LogP contribution in [0.1, 0.15) is 201 Å². The Morgan fingerprint density at radius 2 is 0.851 bits per heavy atom. The van der Waals surface area contributed by atoms with Crippen LogP contribution in [0.25, 0.3) is 0 Å². The van der Waals surface area contributed by atoms with E-state index < -0.39 is 174 Å². The Kier molecular flexibility index (Phi) is 38.8. The quantitative estimate of drug-likeness (QED) is 0.0305. The molecule has 22 atom stereocenters. The smallest absolute Gasteiger partial charge is 0.220 e. The molecule has 0 aliphatic carbocycles. The maximum atomic E-state index is 13.4. The lowest BCUT2D eigenvalue weighted by Crippen LogP contribution is -2.70. The predicted molar refractivity (Wildman–Crippen MR) is 317 cm³/mol. The maximum Gasteiger partial charge on any atom is 0.220 e. The maximum absolute atomic E-state index is 13.4. The van der Waals surface area contributed by atoms with Gasteiger partial charge in [-0.3, -0.25) is 9.59 Å². The van der Waals surface area contributed by atoms with Gasteiger partial charge in [0, 0.05) is 13.3 Å². The zero-order valence-corrected chi connectivity index (χ0v) is 52.1. The highest BCUT2D eigenvalue weighted by molar-refractivity contribution is 5.76. The fourth-order valence-corrected chi connectivity index (χ4v) is 11.7. The SMILES string of the molecule is CCCCCCCCCCCCC/C=C/[C@@H](O)[C@H](CO[C@@H]1OC(CO)[C@@H](O[C@@H]2OC(CO)[C@H](O)[C@H](O[C@@H]3OC(CO)[C@@H](O)[C@H](O[C@@H]4OC(CO)[C@H](O)[C@H](O)C4O)C3NC(C)=O)C2O)[C@H](O)C1O)NC(=O)CCCCCCCCCCCCCCCCC. The lowest BCUT2D eigenvalue weighted by Gasteiger charge is -2.50. The molecular weight excluding hydrogens is 1140 g/mol. The van der Waals surface area contributed by atoms with E-state index in [2.05, 4.69) is 24.5 Å². The Hall–Kier alpha value is -2.16. The van der Waals surface area contributed by atoms with Crippen molar-refractivity contribution in [2.45, 2.75) is 335 Å². The number of hydrogen-bond acceptors (Lipinski definition) is 23. The van der Waals surface area contributed by atoms with Gasteiger partial charge >= 0.3 is 0 Å². The third-order valence-electron chi connectivity index (χ3n) is 17.1. The van der Waals surface area contributed by atoms with Crippen molar-refractivity contribution in [2.75, 3.05) is 33.0 Å². The number of carbonyl (C=O) groups excluding carboxylic acids is 2. The number of carbonyl (C=O) groups is 2. The van der Waals surface area contributed by atoms with Gasteiger partial charge in [-0.2, -0.15) is 0 Å². The molecule has 4 aliphatic rings. The summed E-state index contributed by atoms with van der Waals surface area (Å²) in [5.74, 6) is -1.09. The minimum Gasteiger partial charge on any atom is -0.394 e. The molecule has 0 spiro atoms. The molecule has 15 N–H and O–H groups in total. The number of amides is 2. The Morgan fingerprint density at radius 3 is 1.34 bits per heavy atom. The summed E-state index contributed by atoms with van der Waals surface area (Å²) in [6.07, 6.45) is -0.407. The summed E-state index contributed by atoms with van der Waals surface area (Å²) in [7, 11) is 0. The molecule has 2 amide bonds. The summed E-state index contributed by atoms with van der Waals surface area (Å²) in [4.78, 5) is 26.1. The molecule has 4 fully saturated rings. The molecule has 510 valence electrons. The molecule has 25 heteroatoms. The Morgan fingerprint density at radius 1 is 0.448 bits per heavy atom. The number of aliphatic hydroxyl groups excluding tert-OH is 13. The highest BCUT2D eigenvalue weighted by atomic mass is 16.8. The van der Waals surface area contributed by atoms with Gasteiger partial charge in [0.15, 0.2) is 25.2 Å². The highest BCUT2D eigenvalue weighted by Gasteiger charge is 2.56. The zero-order chi connectivity index (χ0) is 63.7. The number of aliphatic hydroxyl groups is 13. The molecule has 4 heterocycles. The molecule has 0 aromatic heterocycles. The number of unbranched alkanes of at least 4 members (excludes halogenated alkanes) is 25. The first-order valence-electron chi connectivity index (χ1n) is 32.9. The fraction of sp³-hybridized carbons (Fsp3) is 0.935.